The highest BCUT2D eigenvalue weighted by molar-refractivity contribution is 5.29. The number of piperidine rings is 1. The fourth-order valence-electron chi connectivity index (χ4n) is 3.99. The number of hydrogen-bond acceptors (Lipinski definition) is 3. The molecular formula is C20H25N3. The number of pyridine rings is 1. The minimum Gasteiger partial charge on any atom is -0.297 e. The standard InChI is InChI=1S/C20H25N3/c1-2-6-18-15-23(14-8-17(18)5-1)20-9-12-22(13-10-20)16-19-7-3-4-11-21-19/h1-7,11,20H,8-10,12-16H2. The van der Waals surface area contributed by atoms with Crippen LogP contribution < -0.4 is 0 Å². The largest absolute Gasteiger partial charge is 0.297 e. The van der Waals surface area contributed by atoms with Crippen molar-refractivity contribution in [2.45, 2.75) is 38.4 Å². The maximum absolute atomic E-state index is 4.45. The zero-order valence-electron chi connectivity index (χ0n) is 13.7. The molecule has 3 heterocycles. The van der Waals surface area contributed by atoms with Crippen molar-refractivity contribution in [1.82, 2.24) is 14.8 Å². The molecule has 1 aromatic heterocycles. The van der Waals surface area contributed by atoms with Crippen LogP contribution in [-0.4, -0.2) is 40.5 Å². The molecule has 0 radical (unpaired) electrons. The lowest BCUT2D eigenvalue weighted by atomic mass is 9.95. The van der Waals surface area contributed by atoms with Gasteiger partial charge in [-0.1, -0.05) is 30.3 Å². The fourth-order valence-corrected chi connectivity index (χ4v) is 3.99. The second kappa shape index (κ2) is 6.81. The van der Waals surface area contributed by atoms with Gasteiger partial charge in [0.15, 0.2) is 0 Å². The smallest absolute Gasteiger partial charge is 0.0543 e. The van der Waals surface area contributed by atoms with Crippen LogP contribution in [0, 0.1) is 0 Å². The van der Waals surface area contributed by atoms with Gasteiger partial charge in [0.2, 0.25) is 0 Å². The van der Waals surface area contributed by atoms with Crippen LogP contribution in [0.15, 0.2) is 48.7 Å². The molecule has 0 aliphatic carbocycles. The second-order valence-corrected chi connectivity index (χ2v) is 6.82. The van der Waals surface area contributed by atoms with E-state index in [4.69, 9.17) is 0 Å². The molecule has 23 heavy (non-hydrogen) atoms. The van der Waals surface area contributed by atoms with Gasteiger partial charge in [-0.15, -0.1) is 0 Å². The molecule has 0 atom stereocenters. The molecule has 4 rings (SSSR count). The summed E-state index contributed by atoms with van der Waals surface area (Å²) in [4.78, 5) is 9.72. The first-order chi connectivity index (χ1) is 11.4. The van der Waals surface area contributed by atoms with Crippen LogP contribution in [0.3, 0.4) is 0 Å². The van der Waals surface area contributed by atoms with Crippen molar-refractivity contribution < 1.29 is 0 Å². The molecule has 1 fully saturated rings. The molecule has 0 spiro atoms. The van der Waals surface area contributed by atoms with E-state index in [-0.39, 0.29) is 0 Å². The molecule has 0 unspecified atom stereocenters. The van der Waals surface area contributed by atoms with Gasteiger partial charge in [-0.05, 0) is 42.5 Å². The highest BCUT2D eigenvalue weighted by Crippen LogP contribution is 2.25. The molecular weight excluding hydrogens is 282 g/mol. The molecule has 3 heteroatoms. The third-order valence-corrected chi connectivity index (χ3v) is 5.35. The Morgan fingerprint density at radius 2 is 1.70 bits per heavy atom. The molecule has 120 valence electrons. The number of likely N-dealkylation sites (tertiary alicyclic amines) is 1. The van der Waals surface area contributed by atoms with Crippen LogP contribution in [0.25, 0.3) is 0 Å². The second-order valence-electron chi connectivity index (χ2n) is 6.82. The van der Waals surface area contributed by atoms with E-state index in [0.29, 0.717) is 0 Å². The Kier molecular flexibility index (Phi) is 4.40. The lowest BCUT2D eigenvalue weighted by molar-refractivity contribution is 0.0943. The topological polar surface area (TPSA) is 19.4 Å². The predicted octanol–water partition coefficient (Wildman–Crippen LogP) is 3.10. The van der Waals surface area contributed by atoms with Crippen LogP contribution in [0.5, 0.6) is 0 Å². The molecule has 1 aromatic carbocycles. The maximum atomic E-state index is 4.45. The summed E-state index contributed by atoms with van der Waals surface area (Å²) in [5.74, 6) is 0. The van der Waals surface area contributed by atoms with Gasteiger partial charge in [-0.25, -0.2) is 0 Å². The van der Waals surface area contributed by atoms with E-state index < -0.39 is 0 Å². The normalized spacial score (nSPS) is 20.3. The van der Waals surface area contributed by atoms with Gasteiger partial charge in [0.1, 0.15) is 0 Å². The van der Waals surface area contributed by atoms with E-state index in [1.807, 2.05) is 12.3 Å². The molecule has 0 N–H and O–H groups in total. The number of aromatic nitrogens is 1. The van der Waals surface area contributed by atoms with Crippen molar-refractivity contribution in [2.24, 2.45) is 0 Å². The van der Waals surface area contributed by atoms with Crippen molar-refractivity contribution in [1.29, 1.82) is 0 Å². The Balaban J connectivity index is 1.32. The lowest BCUT2D eigenvalue weighted by Gasteiger charge is -2.40. The first-order valence-electron chi connectivity index (χ1n) is 8.81. The van der Waals surface area contributed by atoms with E-state index >= 15 is 0 Å². The fraction of sp³-hybridized carbons (Fsp3) is 0.450. The summed E-state index contributed by atoms with van der Waals surface area (Å²) in [7, 11) is 0. The van der Waals surface area contributed by atoms with Crippen molar-refractivity contribution in [2.75, 3.05) is 19.6 Å². The summed E-state index contributed by atoms with van der Waals surface area (Å²) in [6, 6.07) is 15.9. The Hall–Kier alpha value is -1.71. The first kappa shape index (κ1) is 14.9. The molecule has 3 nitrogen and oxygen atoms in total. The van der Waals surface area contributed by atoms with Crippen LogP contribution in [0.1, 0.15) is 29.7 Å². The SMILES string of the molecule is c1ccc(CN2CCC(N3CCc4ccccc4C3)CC2)nc1. The third-order valence-electron chi connectivity index (χ3n) is 5.35. The Bertz CT molecular complexity index is 632. The Morgan fingerprint density at radius 1 is 0.913 bits per heavy atom. The summed E-state index contributed by atoms with van der Waals surface area (Å²) in [5.41, 5.74) is 4.28. The number of fused-ring (bicyclic) bond motifs is 1. The molecule has 2 aliphatic rings. The predicted molar refractivity (Wildman–Crippen MR) is 93.1 cm³/mol. The van der Waals surface area contributed by atoms with Crippen molar-refractivity contribution in [3.63, 3.8) is 0 Å². The van der Waals surface area contributed by atoms with E-state index in [2.05, 4.69) is 51.2 Å². The summed E-state index contributed by atoms with van der Waals surface area (Å²) in [6.45, 7) is 5.75. The number of benzene rings is 1. The number of nitrogens with zero attached hydrogens (tertiary/aromatic N) is 3. The van der Waals surface area contributed by atoms with Gasteiger partial charge in [-0.2, -0.15) is 0 Å². The zero-order chi connectivity index (χ0) is 15.5. The van der Waals surface area contributed by atoms with Crippen molar-refractivity contribution >= 4 is 0 Å². The van der Waals surface area contributed by atoms with Crippen LogP contribution in [-0.2, 0) is 19.5 Å². The third kappa shape index (κ3) is 3.46. The van der Waals surface area contributed by atoms with Crippen molar-refractivity contribution in [3.05, 3.63) is 65.5 Å². The summed E-state index contributed by atoms with van der Waals surface area (Å²) >= 11 is 0. The minimum atomic E-state index is 0.753. The number of rotatable bonds is 3. The molecule has 0 amide bonds. The van der Waals surface area contributed by atoms with Crippen LogP contribution in [0.4, 0.5) is 0 Å². The average Bonchev–Trinajstić information content (AvgIpc) is 2.63. The quantitative estimate of drug-likeness (QED) is 0.868. The Labute approximate surface area is 139 Å². The van der Waals surface area contributed by atoms with Crippen LogP contribution >= 0.6 is 0 Å². The van der Waals surface area contributed by atoms with E-state index in [0.717, 1.165) is 19.1 Å². The van der Waals surface area contributed by atoms with Gasteiger partial charge in [0.25, 0.3) is 0 Å². The highest BCUT2D eigenvalue weighted by Gasteiger charge is 2.27. The number of hydrogen-bond donors (Lipinski definition) is 0. The molecule has 2 aliphatic heterocycles. The molecule has 0 bridgehead atoms. The van der Waals surface area contributed by atoms with Gasteiger partial charge in [0.05, 0.1) is 5.69 Å². The molecule has 1 saturated heterocycles. The first-order valence-corrected chi connectivity index (χ1v) is 8.81. The average molecular weight is 307 g/mol. The van der Waals surface area contributed by atoms with E-state index in [1.54, 1.807) is 5.56 Å². The monoisotopic (exact) mass is 307 g/mol. The van der Waals surface area contributed by atoms with Crippen LogP contribution in [0.2, 0.25) is 0 Å². The maximum Gasteiger partial charge on any atom is 0.0543 e. The Morgan fingerprint density at radius 3 is 2.48 bits per heavy atom. The summed E-state index contributed by atoms with van der Waals surface area (Å²) in [6.07, 6.45) is 5.68. The van der Waals surface area contributed by atoms with E-state index in [9.17, 15) is 0 Å². The summed E-state index contributed by atoms with van der Waals surface area (Å²) < 4.78 is 0. The zero-order valence-corrected chi connectivity index (χ0v) is 13.7. The lowest BCUT2D eigenvalue weighted by Crippen LogP contribution is -2.46. The van der Waals surface area contributed by atoms with E-state index in [1.165, 1.54) is 50.2 Å². The van der Waals surface area contributed by atoms with Gasteiger partial charge < -0.3 is 0 Å². The van der Waals surface area contributed by atoms with Crippen molar-refractivity contribution in [3.8, 4) is 0 Å². The summed E-state index contributed by atoms with van der Waals surface area (Å²) in [5, 5.41) is 0. The molecule has 0 saturated carbocycles. The van der Waals surface area contributed by atoms with Gasteiger partial charge in [0, 0.05) is 45.0 Å². The van der Waals surface area contributed by atoms with Gasteiger partial charge >= 0.3 is 0 Å². The minimum absolute atomic E-state index is 0.753. The van der Waals surface area contributed by atoms with Gasteiger partial charge in [-0.3, -0.25) is 14.8 Å². The molecule has 2 aromatic rings. The highest BCUT2D eigenvalue weighted by atomic mass is 15.2.